The van der Waals surface area contributed by atoms with E-state index in [-0.39, 0.29) is 5.91 Å². The number of hydrogen-bond acceptors (Lipinski definition) is 5. The van der Waals surface area contributed by atoms with Gasteiger partial charge in [0.25, 0.3) is 0 Å². The molecule has 0 unspecified atom stereocenters. The number of carbonyl (C=O) groups excluding carboxylic acids is 2. The number of amides is 3. The Balaban J connectivity index is 2.00. The van der Waals surface area contributed by atoms with Gasteiger partial charge in [-0.3, -0.25) is 10.1 Å². The topological polar surface area (TPSA) is 88.9 Å². The molecule has 1 aliphatic rings. The van der Waals surface area contributed by atoms with Crippen LogP contribution in [0.25, 0.3) is 0 Å². The second kappa shape index (κ2) is 5.60. The van der Waals surface area contributed by atoms with Crippen LogP contribution in [-0.4, -0.2) is 39.0 Å². The molecule has 1 fully saturated rings. The Labute approximate surface area is 115 Å². The van der Waals surface area contributed by atoms with Gasteiger partial charge >= 0.3 is 6.03 Å². The highest BCUT2D eigenvalue weighted by Gasteiger charge is 2.30. The predicted molar refractivity (Wildman–Crippen MR) is 70.9 cm³/mol. The molecule has 1 heterocycles. The fourth-order valence-corrected chi connectivity index (χ4v) is 2.64. The lowest BCUT2D eigenvalue weighted by Gasteiger charge is -2.11. The Kier molecular flexibility index (Phi) is 4.08. The largest absolute Gasteiger partial charge is 0.341 e. The molecule has 0 aromatic carbocycles. The van der Waals surface area contributed by atoms with Gasteiger partial charge in [-0.25, -0.2) is 4.79 Å². The minimum Gasteiger partial charge on any atom is -0.341 e. The van der Waals surface area contributed by atoms with E-state index in [0.29, 0.717) is 6.04 Å². The molecular weight excluding hydrogens is 266 g/mol. The van der Waals surface area contributed by atoms with Crippen LogP contribution in [0.4, 0.5) is 4.79 Å². The molecule has 3 amide bonds. The summed E-state index contributed by atoms with van der Waals surface area (Å²) in [7, 11) is 1.47. The number of thioether (sulfide) groups is 1. The maximum Gasteiger partial charge on any atom is 0.321 e. The Hall–Kier alpha value is -1.57. The van der Waals surface area contributed by atoms with Crippen LogP contribution in [0.1, 0.15) is 31.6 Å². The van der Waals surface area contributed by atoms with Gasteiger partial charge in [-0.15, -0.1) is 10.2 Å². The van der Waals surface area contributed by atoms with E-state index in [1.165, 1.54) is 18.8 Å². The average Bonchev–Trinajstić information content (AvgIpc) is 3.14. The first-order chi connectivity index (χ1) is 9.02. The lowest BCUT2D eigenvalue weighted by atomic mass is 10.4. The van der Waals surface area contributed by atoms with Gasteiger partial charge in [0.15, 0.2) is 5.16 Å². The van der Waals surface area contributed by atoms with Crippen molar-refractivity contribution in [2.24, 2.45) is 0 Å². The summed E-state index contributed by atoms with van der Waals surface area (Å²) in [5.41, 5.74) is 0. The molecule has 1 atom stereocenters. The van der Waals surface area contributed by atoms with Crippen molar-refractivity contribution in [2.45, 2.75) is 43.1 Å². The molecule has 0 bridgehead atoms. The molecule has 7 nitrogen and oxygen atoms in total. The number of aryl methyl sites for hydroxylation is 1. The van der Waals surface area contributed by atoms with E-state index in [4.69, 9.17) is 0 Å². The third-order valence-corrected chi connectivity index (χ3v) is 3.92. The lowest BCUT2D eigenvalue weighted by Crippen LogP contribution is -2.41. The van der Waals surface area contributed by atoms with E-state index < -0.39 is 11.3 Å². The van der Waals surface area contributed by atoms with Gasteiger partial charge < -0.3 is 9.88 Å². The zero-order valence-electron chi connectivity index (χ0n) is 11.1. The van der Waals surface area contributed by atoms with Crippen molar-refractivity contribution in [3.63, 3.8) is 0 Å². The zero-order chi connectivity index (χ0) is 14.0. The summed E-state index contributed by atoms with van der Waals surface area (Å²) < 4.78 is 2.06. The average molecular weight is 283 g/mol. The molecule has 1 saturated carbocycles. The van der Waals surface area contributed by atoms with E-state index >= 15 is 0 Å². The monoisotopic (exact) mass is 283 g/mol. The minimum absolute atomic E-state index is 0.340. The number of aromatic nitrogens is 3. The summed E-state index contributed by atoms with van der Waals surface area (Å²) in [5, 5.41) is 13.1. The van der Waals surface area contributed by atoms with Gasteiger partial charge in [0.05, 0.1) is 5.25 Å². The van der Waals surface area contributed by atoms with E-state index in [2.05, 4.69) is 25.4 Å². The molecule has 0 saturated heterocycles. The second-order valence-electron chi connectivity index (χ2n) is 4.46. The number of hydrogen-bond donors (Lipinski definition) is 2. The first-order valence-electron chi connectivity index (χ1n) is 6.13. The molecule has 1 aromatic heterocycles. The minimum atomic E-state index is -0.503. The van der Waals surface area contributed by atoms with Gasteiger partial charge in [0, 0.05) is 13.1 Å². The maximum absolute atomic E-state index is 11.8. The number of rotatable bonds is 4. The SMILES string of the molecule is CNC(=O)NC(=O)[C@H](C)Sc1nnc(C)n1C1CC1. The van der Waals surface area contributed by atoms with Crippen LogP contribution < -0.4 is 10.6 Å². The van der Waals surface area contributed by atoms with Crippen molar-refractivity contribution in [2.75, 3.05) is 7.05 Å². The molecule has 2 rings (SSSR count). The van der Waals surface area contributed by atoms with Gasteiger partial charge in [0.1, 0.15) is 5.82 Å². The van der Waals surface area contributed by atoms with Gasteiger partial charge in [0.2, 0.25) is 5.91 Å². The van der Waals surface area contributed by atoms with Crippen molar-refractivity contribution >= 4 is 23.7 Å². The molecule has 1 aliphatic carbocycles. The number of imide groups is 1. The van der Waals surface area contributed by atoms with Crippen LogP contribution in [0.2, 0.25) is 0 Å². The van der Waals surface area contributed by atoms with Crippen LogP contribution in [0.3, 0.4) is 0 Å². The lowest BCUT2D eigenvalue weighted by molar-refractivity contribution is -0.119. The Morgan fingerprint density at radius 1 is 1.42 bits per heavy atom. The van der Waals surface area contributed by atoms with Crippen LogP contribution in [0.15, 0.2) is 5.16 Å². The van der Waals surface area contributed by atoms with Crippen molar-refractivity contribution in [1.82, 2.24) is 25.4 Å². The highest BCUT2D eigenvalue weighted by Crippen LogP contribution is 2.39. The number of carbonyl (C=O) groups is 2. The summed E-state index contributed by atoms with van der Waals surface area (Å²) in [5.74, 6) is 0.524. The van der Waals surface area contributed by atoms with E-state index in [9.17, 15) is 9.59 Å². The number of nitrogens with one attached hydrogen (secondary N) is 2. The van der Waals surface area contributed by atoms with Crippen LogP contribution >= 0.6 is 11.8 Å². The Bertz CT molecular complexity index is 497. The molecule has 0 spiro atoms. The molecule has 0 radical (unpaired) electrons. The molecular formula is C11H17N5O2S. The van der Waals surface area contributed by atoms with E-state index in [0.717, 1.165) is 23.8 Å². The smallest absolute Gasteiger partial charge is 0.321 e. The standard InChI is InChI=1S/C11H17N5O2S/c1-6(9(17)13-10(18)12-3)19-11-15-14-7(2)16(11)8-4-5-8/h6,8H,4-5H2,1-3H3,(H2,12,13,17,18)/t6-/m0/s1. The molecule has 0 aliphatic heterocycles. The van der Waals surface area contributed by atoms with Crippen molar-refractivity contribution < 1.29 is 9.59 Å². The van der Waals surface area contributed by atoms with Crippen molar-refractivity contribution in [3.8, 4) is 0 Å². The highest BCUT2D eigenvalue weighted by atomic mass is 32.2. The second-order valence-corrected chi connectivity index (χ2v) is 5.77. The van der Waals surface area contributed by atoms with Gasteiger partial charge in [-0.2, -0.15) is 0 Å². The summed E-state index contributed by atoms with van der Waals surface area (Å²) in [6.07, 6.45) is 2.26. The van der Waals surface area contributed by atoms with Crippen molar-refractivity contribution in [1.29, 1.82) is 0 Å². The third-order valence-electron chi connectivity index (χ3n) is 2.86. The molecule has 1 aromatic rings. The highest BCUT2D eigenvalue weighted by molar-refractivity contribution is 8.00. The van der Waals surface area contributed by atoms with Gasteiger partial charge in [-0.1, -0.05) is 11.8 Å². The first kappa shape index (κ1) is 13.9. The normalized spacial score (nSPS) is 15.9. The summed E-state index contributed by atoms with van der Waals surface area (Å²) in [6, 6.07) is -0.0380. The molecule has 2 N–H and O–H groups in total. The Morgan fingerprint density at radius 3 is 2.68 bits per heavy atom. The first-order valence-corrected chi connectivity index (χ1v) is 7.01. The third kappa shape index (κ3) is 3.25. The van der Waals surface area contributed by atoms with Crippen LogP contribution in [0.5, 0.6) is 0 Å². The van der Waals surface area contributed by atoms with Crippen LogP contribution in [0, 0.1) is 6.92 Å². The molecule has 104 valence electrons. The summed E-state index contributed by atoms with van der Waals surface area (Å²) in [6.45, 7) is 3.65. The Morgan fingerprint density at radius 2 is 2.11 bits per heavy atom. The number of nitrogens with zero attached hydrogens (tertiary/aromatic N) is 3. The fourth-order valence-electron chi connectivity index (χ4n) is 1.67. The summed E-state index contributed by atoms with van der Waals surface area (Å²) in [4.78, 5) is 22.9. The van der Waals surface area contributed by atoms with E-state index in [1.807, 2.05) is 6.92 Å². The number of urea groups is 1. The fraction of sp³-hybridized carbons (Fsp3) is 0.636. The quantitative estimate of drug-likeness (QED) is 0.800. The summed E-state index contributed by atoms with van der Waals surface area (Å²) >= 11 is 1.32. The maximum atomic E-state index is 11.8. The van der Waals surface area contributed by atoms with Crippen molar-refractivity contribution in [3.05, 3.63) is 5.82 Å². The molecule has 8 heteroatoms. The van der Waals surface area contributed by atoms with E-state index in [1.54, 1.807) is 6.92 Å². The van der Waals surface area contributed by atoms with Gasteiger partial charge in [-0.05, 0) is 26.7 Å². The molecule has 19 heavy (non-hydrogen) atoms. The van der Waals surface area contributed by atoms with Crippen LogP contribution in [-0.2, 0) is 4.79 Å². The predicted octanol–water partition coefficient (Wildman–Crippen LogP) is 0.858. The zero-order valence-corrected chi connectivity index (χ0v) is 12.0.